The van der Waals surface area contributed by atoms with E-state index in [9.17, 15) is 0 Å². The molecular weight excluding hydrogens is 1020 g/mol. The molecule has 0 aliphatic carbocycles. The molecule has 0 atom stereocenters. The van der Waals surface area contributed by atoms with Gasteiger partial charge in [-0.3, -0.25) is 0 Å². The third kappa shape index (κ3) is 187. The molecule has 0 saturated heterocycles. The Hall–Kier alpha value is 7.74. The summed E-state index contributed by atoms with van der Waals surface area (Å²) in [7, 11) is 0. The van der Waals surface area contributed by atoms with Gasteiger partial charge >= 0.3 is 248 Å². The topological polar surface area (TPSA) is 320 Å². The fourth-order valence-electron chi connectivity index (χ4n) is 0. The maximum absolute atomic E-state index is 0. The number of hydrogen-bond donors (Lipinski definition) is 0. The number of rotatable bonds is 0. The fourth-order valence-corrected chi connectivity index (χ4v) is 0. The molecule has 0 aliphatic rings. The van der Waals surface area contributed by atoms with Crippen LogP contribution >= 0.6 is 0 Å². The molecule has 0 saturated carbocycles. The molecule has 0 bridgehead atoms. The van der Waals surface area contributed by atoms with Gasteiger partial charge in [-0.05, 0) is 0 Å². The van der Waals surface area contributed by atoms with E-state index in [2.05, 4.69) is 0 Å². The smallest absolute Gasteiger partial charge is 2.00 e. The van der Waals surface area contributed by atoms with E-state index in [-0.39, 0.29) is 308 Å². The monoisotopic (exact) mass is 1030 g/mol. The van der Waals surface area contributed by atoms with Crippen LogP contribution in [0.2, 0.25) is 0 Å². The van der Waals surface area contributed by atoms with E-state index in [1.54, 1.807) is 0 Å². The fraction of sp³-hybridized carbons (Fsp3) is 0. The zero-order valence-electron chi connectivity index (χ0n) is 8.14. The van der Waals surface area contributed by atoms with E-state index in [0.717, 1.165) is 0 Å². The summed E-state index contributed by atoms with van der Waals surface area (Å²) >= 11 is 0. The summed E-state index contributed by atoms with van der Waals surface area (Å²) in [4.78, 5) is 0. The minimum Gasteiger partial charge on any atom is -2.00 e. The molecule has 0 aromatic heterocycles. The first-order chi connectivity index (χ1) is 0. The van der Waals surface area contributed by atoms with Crippen LogP contribution in [0.25, 0.3) is 0 Å². The van der Waals surface area contributed by atoms with Gasteiger partial charge < -0.3 is 60.2 Å². The third-order valence-corrected chi connectivity index (χ3v) is 0. The predicted molar refractivity (Wildman–Crippen MR) is 13.4 cm³/mol. The first-order valence-electron chi connectivity index (χ1n) is 0. The van der Waals surface area contributed by atoms with Crippen LogP contribution in [0.15, 0.2) is 0 Å². The van der Waals surface area contributed by atoms with Crippen molar-refractivity contribution in [3.63, 3.8) is 0 Å². The maximum atomic E-state index is 0. The second-order valence-electron chi connectivity index (χ2n) is 0. The van der Waals surface area contributed by atoms with E-state index in [0.29, 0.717) is 0 Å². The Balaban J connectivity index is 0. The van der Waals surface area contributed by atoms with Gasteiger partial charge in [0.25, 0.3) is 0 Å². The first-order valence-corrected chi connectivity index (χ1v) is 0. The Morgan fingerprint density at radius 3 is 0.176 bits per heavy atom. The van der Waals surface area contributed by atoms with Crippen molar-refractivity contribution in [1.82, 2.24) is 0 Å². The van der Waals surface area contributed by atoms with Crippen LogP contribution < -0.4 is 0 Å². The molecule has 0 aromatic carbocycles. The van der Waals surface area contributed by atoms with Crippen LogP contribution in [0.3, 0.4) is 0 Å². The first kappa shape index (κ1) is 233. The van der Waals surface area contributed by atoms with Crippen molar-refractivity contribution in [3.8, 4) is 0 Å². The molecule has 0 radical (unpaired) electrons. The summed E-state index contributed by atoms with van der Waals surface area (Å²) in [6.45, 7) is 0. The van der Waals surface area contributed by atoms with E-state index in [4.69, 9.17) is 0 Å². The van der Waals surface area contributed by atoms with Crippen LogP contribution in [0, 0.1) is 248 Å². The molecule has 4 N–H and O–H groups in total. The zero-order chi connectivity index (χ0) is 0. The molecule has 17 heavy (non-hydrogen) atoms. The average molecular weight is 1030 g/mol. The molecule has 17 heteroatoms. The van der Waals surface area contributed by atoms with Crippen molar-refractivity contribution in [2.24, 2.45) is 0 Å². The molecule has 0 aromatic rings. The molecule has 0 aliphatic heterocycles. The SMILES string of the molecule is O.O.[O-2].[O-2].[O-2].[O-2].[O-2].[O-2].[O-2].[O-2].[O-2].[Pr+3].[Pr+3].[Pr+3].[Pr+3].[Pr+3].[Pr+3]. The van der Waals surface area contributed by atoms with Gasteiger partial charge in [0.1, 0.15) is 0 Å². The molecule has 0 fully saturated rings. The van der Waals surface area contributed by atoms with Crippen LogP contribution in [0.4, 0.5) is 0 Å². The molecule has 0 amide bonds. The number of hydrogen-bond acceptors (Lipinski definition) is 0. The summed E-state index contributed by atoms with van der Waals surface area (Å²) < 4.78 is 0. The van der Waals surface area contributed by atoms with Gasteiger partial charge in [0.2, 0.25) is 0 Å². The van der Waals surface area contributed by atoms with E-state index < -0.39 is 0 Å². The van der Waals surface area contributed by atoms with Gasteiger partial charge in [-0.1, -0.05) is 0 Å². The van der Waals surface area contributed by atoms with Crippen LogP contribution in [-0.2, 0) is 49.3 Å². The van der Waals surface area contributed by atoms with Gasteiger partial charge in [-0.2, -0.15) is 0 Å². The normalized spacial score (nSPS) is 0. The molecule has 0 rings (SSSR count). The summed E-state index contributed by atoms with van der Waals surface area (Å²) in [5.41, 5.74) is 0. The molecule has 0 unspecified atom stereocenters. The van der Waals surface area contributed by atoms with E-state index in [1.165, 1.54) is 0 Å². The Kier molecular flexibility index (Phi) is 2800. The Labute approximate surface area is 298 Å². The quantitative estimate of drug-likeness (QED) is 0.239. The Morgan fingerprint density at radius 2 is 0.176 bits per heavy atom. The van der Waals surface area contributed by atoms with Gasteiger partial charge in [0.05, 0.1) is 0 Å². The van der Waals surface area contributed by atoms with Gasteiger partial charge in [0.15, 0.2) is 0 Å². The minimum atomic E-state index is 0. The van der Waals surface area contributed by atoms with Gasteiger partial charge in [-0.15, -0.1) is 0 Å². The summed E-state index contributed by atoms with van der Waals surface area (Å²) in [5, 5.41) is 0. The zero-order valence-corrected chi connectivity index (χ0v) is 30.4. The molecular formula is H4O11Pr6. The second-order valence-corrected chi connectivity index (χ2v) is 0. The van der Waals surface area contributed by atoms with Crippen LogP contribution in [-0.4, -0.2) is 11.0 Å². The van der Waals surface area contributed by atoms with Crippen molar-refractivity contribution in [1.29, 1.82) is 0 Å². The van der Waals surface area contributed by atoms with Crippen molar-refractivity contribution in [3.05, 3.63) is 0 Å². The summed E-state index contributed by atoms with van der Waals surface area (Å²) in [6.07, 6.45) is 0. The van der Waals surface area contributed by atoms with Crippen molar-refractivity contribution in [2.45, 2.75) is 0 Å². The van der Waals surface area contributed by atoms with Crippen LogP contribution in [0.1, 0.15) is 0 Å². The largest absolute Gasteiger partial charge is 3.00 e. The minimum absolute atomic E-state index is 0. The summed E-state index contributed by atoms with van der Waals surface area (Å²) in [6, 6.07) is 0. The standard InChI is InChI=1S/2H2O.9O.6Pr/h2*1H2;;;;;;;;;;;;;;;/q;;9*-2;6*+3. The Bertz CT molecular complexity index is 15.9. The van der Waals surface area contributed by atoms with Crippen molar-refractivity contribution >= 4 is 0 Å². The molecule has 0 heterocycles. The average Bonchev–Trinajstić information content (AvgIpc) is 0. The predicted octanol–water partition coefficient (Wildman–Crippen LogP) is -2.72. The summed E-state index contributed by atoms with van der Waals surface area (Å²) in [5.74, 6) is 0. The maximum Gasteiger partial charge on any atom is 3.00 e. The van der Waals surface area contributed by atoms with E-state index >= 15 is 0 Å². The van der Waals surface area contributed by atoms with Gasteiger partial charge in [-0.25, -0.2) is 0 Å². The van der Waals surface area contributed by atoms with Crippen molar-refractivity contribution in [2.75, 3.05) is 0 Å². The third-order valence-electron chi connectivity index (χ3n) is 0. The second kappa shape index (κ2) is 205. The van der Waals surface area contributed by atoms with E-state index in [1.807, 2.05) is 0 Å². The van der Waals surface area contributed by atoms with Crippen LogP contribution in [0.5, 0.6) is 0 Å². The molecule has 11 nitrogen and oxygen atoms in total. The molecule has 0 spiro atoms. The molecule has 88 valence electrons. The van der Waals surface area contributed by atoms with Gasteiger partial charge in [0, 0.05) is 0 Å². The van der Waals surface area contributed by atoms with Crippen molar-refractivity contribution < 1.29 is 308 Å². The Morgan fingerprint density at radius 1 is 0.176 bits per heavy atom.